The number of hydrogen-bond donors (Lipinski definition) is 1. The van der Waals surface area contributed by atoms with Crippen LogP contribution in [0.2, 0.25) is 0 Å². The van der Waals surface area contributed by atoms with Gasteiger partial charge in [-0.1, -0.05) is 5.92 Å². The van der Waals surface area contributed by atoms with Crippen LogP contribution >= 0.6 is 0 Å². The number of terminal acetylenes is 1. The molecule has 2 N–H and O–H groups in total. The molecule has 2 aromatic rings. The fraction of sp³-hybridized carbons (Fsp3) is 0.316. The molecule has 8 nitrogen and oxygen atoms in total. The smallest absolute Gasteiger partial charge is 0.390 e. The molecule has 30 heavy (non-hydrogen) atoms. The minimum absolute atomic E-state index is 0.0103. The van der Waals surface area contributed by atoms with E-state index < -0.39 is 17.8 Å². The molecule has 2 aromatic heterocycles. The Morgan fingerprint density at radius 3 is 2.73 bits per heavy atom. The number of aromatic nitrogens is 3. The van der Waals surface area contributed by atoms with Gasteiger partial charge in [0, 0.05) is 24.8 Å². The van der Waals surface area contributed by atoms with Gasteiger partial charge in [-0.25, -0.2) is 15.0 Å². The highest BCUT2D eigenvalue weighted by atomic mass is 19.4. The summed E-state index contributed by atoms with van der Waals surface area (Å²) in [5, 5.41) is 0. The second kappa shape index (κ2) is 11.0. The van der Waals surface area contributed by atoms with Crippen molar-refractivity contribution in [2.24, 2.45) is 15.7 Å². The number of amidine groups is 1. The SMILES string of the molecule is C#CCN(COCc1cncc(C(F)(F)F)c1)C(C)C(N=CN)=Nc1ncccn1. The van der Waals surface area contributed by atoms with Crippen molar-refractivity contribution in [2.45, 2.75) is 25.7 Å². The summed E-state index contributed by atoms with van der Waals surface area (Å²) in [5.41, 5.74) is 4.86. The first kappa shape index (κ1) is 22.9. The van der Waals surface area contributed by atoms with E-state index in [4.69, 9.17) is 16.9 Å². The van der Waals surface area contributed by atoms with Crippen molar-refractivity contribution in [3.05, 3.63) is 48.0 Å². The van der Waals surface area contributed by atoms with Gasteiger partial charge in [0.05, 0.1) is 31.1 Å². The molecule has 0 radical (unpaired) electrons. The highest BCUT2D eigenvalue weighted by Gasteiger charge is 2.31. The Morgan fingerprint density at radius 2 is 2.10 bits per heavy atom. The van der Waals surface area contributed by atoms with Gasteiger partial charge in [-0.05, 0) is 24.6 Å². The molecule has 2 heterocycles. The summed E-state index contributed by atoms with van der Waals surface area (Å²) in [6.45, 7) is 1.88. The minimum Gasteiger partial charge on any atom is -0.390 e. The Hall–Kier alpha value is -3.36. The molecule has 0 aliphatic carbocycles. The number of nitrogens with two attached hydrogens (primary N) is 1. The van der Waals surface area contributed by atoms with E-state index in [9.17, 15) is 13.2 Å². The number of rotatable bonds is 8. The Morgan fingerprint density at radius 1 is 1.37 bits per heavy atom. The van der Waals surface area contributed by atoms with Crippen LogP contribution < -0.4 is 5.73 Å². The topological polar surface area (TPSA) is 102 Å². The van der Waals surface area contributed by atoms with E-state index in [0.717, 1.165) is 18.6 Å². The molecule has 1 unspecified atom stereocenters. The van der Waals surface area contributed by atoms with Crippen molar-refractivity contribution in [3.8, 4) is 12.3 Å². The maximum atomic E-state index is 12.8. The maximum absolute atomic E-state index is 12.8. The van der Waals surface area contributed by atoms with Gasteiger partial charge in [0.1, 0.15) is 6.73 Å². The Balaban J connectivity index is 2.09. The average molecular weight is 419 g/mol. The van der Waals surface area contributed by atoms with Crippen LogP contribution in [0.4, 0.5) is 19.1 Å². The zero-order chi connectivity index (χ0) is 22.0. The largest absolute Gasteiger partial charge is 0.417 e. The zero-order valence-electron chi connectivity index (χ0n) is 16.1. The number of ether oxygens (including phenoxy) is 1. The van der Waals surface area contributed by atoms with Crippen LogP contribution in [0.15, 0.2) is 46.9 Å². The second-order valence-electron chi connectivity index (χ2n) is 5.98. The maximum Gasteiger partial charge on any atom is 0.417 e. The molecule has 0 fully saturated rings. The molecule has 2 rings (SSSR count). The summed E-state index contributed by atoms with van der Waals surface area (Å²) in [6.07, 6.45) is 7.18. The van der Waals surface area contributed by atoms with Crippen LogP contribution in [0.25, 0.3) is 0 Å². The normalized spacial score (nSPS) is 13.5. The molecule has 0 bridgehead atoms. The van der Waals surface area contributed by atoms with Crippen LogP contribution in [0.1, 0.15) is 18.1 Å². The molecule has 0 amide bonds. The van der Waals surface area contributed by atoms with E-state index in [1.165, 1.54) is 18.6 Å². The predicted molar refractivity (Wildman–Crippen MR) is 106 cm³/mol. The number of nitrogens with zero attached hydrogens (tertiary/aromatic N) is 6. The molecule has 0 aromatic carbocycles. The van der Waals surface area contributed by atoms with Crippen LogP contribution in [0.3, 0.4) is 0 Å². The number of halogens is 3. The fourth-order valence-electron chi connectivity index (χ4n) is 2.34. The summed E-state index contributed by atoms with van der Waals surface area (Å²) >= 11 is 0. The summed E-state index contributed by atoms with van der Waals surface area (Å²) < 4.78 is 44.0. The van der Waals surface area contributed by atoms with Crippen LogP contribution in [-0.2, 0) is 17.5 Å². The van der Waals surface area contributed by atoms with E-state index >= 15 is 0 Å². The fourth-order valence-corrected chi connectivity index (χ4v) is 2.34. The van der Waals surface area contributed by atoms with E-state index in [2.05, 4.69) is 30.9 Å². The van der Waals surface area contributed by atoms with Crippen LogP contribution in [-0.4, -0.2) is 51.3 Å². The molecule has 0 spiro atoms. The lowest BCUT2D eigenvalue weighted by atomic mass is 10.2. The highest BCUT2D eigenvalue weighted by molar-refractivity contribution is 5.94. The molecule has 0 aliphatic rings. The summed E-state index contributed by atoms with van der Waals surface area (Å²) in [7, 11) is 0. The molecule has 11 heteroatoms. The number of pyridine rings is 1. The molecular weight excluding hydrogens is 399 g/mol. The first-order valence-corrected chi connectivity index (χ1v) is 8.71. The van der Waals surface area contributed by atoms with Crippen molar-refractivity contribution in [2.75, 3.05) is 13.3 Å². The zero-order valence-corrected chi connectivity index (χ0v) is 16.1. The molecule has 0 saturated carbocycles. The molecule has 0 aliphatic heterocycles. The van der Waals surface area contributed by atoms with Gasteiger partial charge >= 0.3 is 6.18 Å². The molecule has 1 atom stereocenters. The first-order valence-electron chi connectivity index (χ1n) is 8.71. The predicted octanol–water partition coefficient (Wildman–Crippen LogP) is 2.41. The molecular formula is C19H20F3N7O. The summed E-state index contributed by atoms with van der Waals surface area (Å²) in [4.78, 5) is 21.7. The van der Waals surface area contributed by atoms with Gasteiger partial charge in [-0.2, -0.15) is 18.2 Å². The quantitative estimate of drug-likeness (QED) is 0.305. The van der Waals surface area contributed by atoms with E-state index in [1.807, 2.05) is 0 Å². The van der Waals surface area contributed by atoms with Crippen LogP contribution in [0.5, 0.6) is 0 Å². The van der Waals surface area contributed by atoms with Gasteiger partial charge in [0.15, 0.2) is 5.84 Å². The third kappa shape index (κ3) is 6.91. The Kier molecular flexibility index (Phi) is 8.40. The van der Waals surface area contributed by atoms with Crippen molar-refractivity contribution < 1.29 is 17.9 Å². The minimum atomic E-state index is -4.47. The average Bonchev–Trinajstić information content (AvgIpc) is 2.73. The van der Waals surface area contributed by atoms with Crippen molar-refractivity contribution >= 4 is 18.1 Å². The van der Waals surface area contributed by atoms with Crippen molar-refractivity contribution in [1.29, 1.82) is 0 Å². The standard InChI is InChI=1S/C19H20F3N7O/c1-3-7-29(13-30-11-15-8-16(10-24-9-15)19(20,21)22)14(2)17(27-12-23)28-18-25-5-4-6-26-18/h1,4-6,8-10,12,14H,7,11,13H2,2H3,(H2,23,25,26,27,28). The number of alkyl halides is 3. The first-order chi connectivity index (χ1) is 14.3. The second-order valence-corrected chi connectivity index (χ2v) is 5.98. The van der Waals surface area contributed by atoms with Gasteiger partial charge in [0.25, 0.3) is 5.95 Å². The lowest BCUT2D eigenvalue weighted by Crippen LogP contribution is -2.40. The van der Waals surface area contributed by atoms with E-state index in [-0.39, 0.29) is 31.4 Å². The van der Waals surface area contributed by atoms with Crippen molar-refractivity contribution in [3.63, 3.8) is 0 Å². The lowest BCUT2D eigenvalue weighted by Gasteiger charge is -2.26. The highest BCUT2D eigenvalue weighted by Crippen LogP contribution is 2.29. The number of aliphatic imine (C=N–C) groups is 2. The Labute approximate surface area is 171 Å². The third-order valence-corrected chi connectivity index (χ3v) is 3.84. The summed E-state index contributed by atoms with van der Waals surface area (Å²) in [5.74, 6) is 2.99. The molecule has 158 valence electrons. The molecule has 0 saturated heterocycles. The Bertz CT molecular complexity index is 910. The van der Waals surface area contributed by atoms with Gasteiger partial charge in [-0.3, -0.25) is 9.88 Å². The van der Waals surface area contributed by atoms with Crippen LogP contribution in [0, 0.1) is 12.3 Å². The number of hydrogen-bond acceptors (Lipinski definition) is 6. The van der Waals surface area contributed by atoms with Crippen molar-refractivity contribution in [1.82, 2.24) is 19.9 Å². The monoisotopic (exact) mass is 419 g/mol. The van der Waals surface area contributed by atoms with E-state index in [0.29, 0.717) is 5.84 Å². The summed E-state index contributed by atoms with van der Waals surface area (Å²) in [6, 6.07) is 2.19. The van der Waals surface area contributed by atoms with Gasteiger partial charge in [-0.15, -0.1) is 6.42 Å². The van der Waals surface area contributed by atoms with Gasteiger partial charge < -0.3 is 10.5 Å². The third-order valence-electron chi connectivity index (χ3n) is 3.84. The van der Waals surface area contributed by atoms with Gasteiger partial charge in [0.2, 0.25) is 0 Å². The lowest BCUT2D eigenvalue weighted by molar-refractivity contribution is -0.137. The van der Waals surface area contributed by atoms with E-state index in [1.54, 1.807) is 17.9 Å².